The van der Waals surface area contributed by atoms with Crippen molar-refractivity contribution in [2.24, 2.45) is 0 Å². The van der Waals surface area contributed by atoms with Crippen LogP contribution in [0.4, 0.5) is 5.69 Å². The maximum Gasteiger partial charge on any atom is 0.262 e. The molecule has 0 aliphatic carbocycles. The number of benzene rings is 2. The molecule has 126 valence electrons. The van der Waals surface area contributed by atoms with E-state index >= 15 is 0 Å². The molecule has 1 aromatic heterocycles. The number of rotatable bonds is 6. The summed E-state index contributed by atoms with van der Waals surface area (Å²) in [6.07, 6.45) is 0. The number of ether oxygens (including phenoxy) is 1. The highest BCUT2D eigenvalue weighted by molar-refractivity contribution is 7.12. The zero-order valence-corrected chi connectivity index (χ0v) is 14.5. The molecule has 0 atom stereocenters. The molecule has 0 saturated heterocycles. The van der Waals surface area contributed by atoms with Gasteiger partial charge in [0.2, 0.25) is 5.78 Å². The average molecular weight is 351 g/mol. The zero-order chi connectivity index (χ0) is 17.6. The van der Waals surface area contributed by atoms with Crippen molar-refractivity contribution in [2.45, 2.75) is 6.92 Å². The Labute approximate surface area is 150 Å². The van der Waals surface area contributed by atoms with Gasteiger partial charge in [0.1, 0.15) is 10.6 Å². The largest absolute Gasteiger partial charge is 0.482 e. The van der Waals surface area contributed by atoms with Crippen LogP contribution in [0.1, 0.15) is 20.8 Å². The van der Waals surface area contributed by atoms with Gasteiger partial charge in [-0.05, 0) is 30.0 Å². The second-order valence-corrected chi connectivity index (χ2v) is 6.38. The van der Waals surface area contributed by atoms with Crippen LogP contribution in [0.5, 0.6) is 5.75 Å². The maximum atomic E-state index is 12.5. The Morgan fingerprint density at radius 1 is 1.00 bits per heavy atom. The van der Waals surface area contributed by atoms with E-state index in [1.54, 1.807) is 23.6 Å². The van der Waals surface area contributed by atoms with Crippen molar-refractivity contribution in [3.63, 3.8) is 0 Å². The van der Waals surface area contributed by atoms with Gasteiger partial charge in [0, 0.05) is 11.3 Å². The van der Waals surface area contributed by atoms with Crippen LogP contribution in [-0.2, 0) is 4.79 Å². The predicted octanol–water partition coefficient (Wildman–Crippen LogP) is 4.31. The van der Waals surface area contributed by atoms with E-state index in [1.165, 1.54) is 11.3 Å². The van der Waals surface area contributed by atoms with Crippen molar-refractivity contribution in [3.8, 4) is 5.75 Å². The summed E-state index contributed by atoms with van der Waals surface area (Å²) < 4.78 is 5.57. The highest BCUT2D eigenvalue weighted by Crippen LogP contribution is 2.27. The third-order valence-corrected chi connectivity index (χ3v) is 4.54. The molecule has 0 radical (unpaired) electrons. The van der Waals surface area contributed by atoms with E-state index < -0.39 is 0 Å². The van der Waals surface area contributed by atoms with Crippen LogP contribution in [0.2, 0.25) is 0 Å². The first-order valence-electron chi connectivity index (χ1n) is 7.80. The fourth-order valence-corrected chi connectivity index (χ4v) is 3.14. The summed E-state index contributed by atoms with van der Waals surface area (Å²) in [5.74, 6) is 0.0577. The highest BCUT2D eigenvalue weighted by Gasteiger charge is 2.17. The second-order valence-electron chi connectivity index (χ2n) is 5.46. The molecular weight excluding hydrogens is 334 g/mol. The van der Waals surface area contributed by atoms with Gasteiger partial charge < -0.3 is 10.1 Å². The fraction of sp³-hybridized carbons (Fsp3) is 0.100. The van der Waals surface area contributed by atoms with Crippen LogP contribution < -0.4 is 10.1 Å². The SMILES string of the molecule is Cc1ccccc1NC(=O)COc1ccsc1C(=O)c1ccccc1. The number of aryl methyl sites for hydroxylation is 1. The quantitative estimate of drug-likeness (QED) is 0.674. The van der Waals surface area contributed by atoms with Crippen molar-refractivity contribution in [3.05, 3.63) is 82.0 Å². The molecule has 0 unspecified atom stereocenters. The van der Waals surface area contributed by atoms with E-state index in [0.29, 0.717) is 16.2 Å². The molecule has 0 aliphatic heterocycles. The lowest BCUT2D eigenvalue weighted by Crippen LogP contribution is -2.21. The van der Waals surface area contributed by atoms with Crippen molar-refractivity contribution in [2.75, 3.05) is 11.9 Å². The lowest BCUT2D eigenvalue weighted by molar-refractivity contribution is -0.118. The minimum atomic E-state index is -0.265. The number of para-hydroxylation sites is 1. The highest BCUT2D eigenvalue weighted by atomic mass is 32.1. The summed E-state index contributed by atoms with van der Waals surface area (Å²) in [4.78, 5) is 25.1. The molecule has 0 saturated carbocycles. The van der Waals surface area contributed by atoms with Gasteiger partial charge in [-0.25, -0.2) is 0 Å². The lowest BCUT2D eigenvalue weighted by Gasteiger charge is -2.09. The summed E-state index contributed by atoms with van der Waals surface area (Å²) in [5, 5.41) is 4.59. The molecule has 3 aromatic rings. The smallest absolute Gasteiger partial charge is 0.262 e. The molecule has 2 aromatic carbocycles. The minimum absolute atomic E-state index is 0.107. The summed E-state index contributed by atoms with van der Waals surface area (Å²) in [7, 11) is 0. The summed E-state index contributed by atoms with van der Waals surface area (Å²) in [6.45, 7) is 1.77. The van der Waals surface area contributed by atoms with E-state index in [9.17, 15) is 9.59 Å². The summed E-state index contributed by atoms with van der Waals surface area (Å²) in [6, 6.07) is 18.3. The van der Waals surface area contributed by atoms with Crippen LogP contribution >= 0.6 is 11.3 Å². The van der Waals surface area contributed by atoms with Crippen molar-refractivity contribution >= 4 is 28.7 Å². The summed E-state index contributed by atoms with van der Waals surface area (Å²) in [5.41, 5.74) is 2.33. The predicted molar refractivity (Wildman–Crippen MR) is 99.5 cm³/mol. The van der Waals surface area contributed by atoms with E-state index in [2.05, 4.69) is 5.32 Å². The standard InChI is InChI=1S/C20H17NO3S/c1-14-7-5-6-10-16(14)21-18(22)13-24-17-11-12-25-20(17)19(23)15-8-3-2-4-9-15/h2-12H,13H2,1H3,(H,21,22). The third-order valence-electron chi connectivity index (χ3n) is 3.65. The molecule has 0 bridgehead atoms. The van der Waals surface area contributed by atoms with Crippen molar-refractivity contribution < 1.29 is 14.3 Å². The zero-order valence-electron chi connectivity index (χ0n) is 13.7. The number of amides is 1. The monoisotopic (exact) mass is 351 g/mol. The number of hydrogen-bond acceptors (Lipinski definition) is 4. The van der Waals surface area contributed by atoms with E-state index in [1.807, 2.05) is 49.4 Å². The van der Waals surface area contributed by atoms with Crippen LogP contribution in [0.3, 0.4) is 0 Å². The first-order chi connectivity index (χ1) is 12.1. The molecule has 0 fully saturated rings. The van der Waals surface area contributed by atoms with Gasteiger partial charge >= 0.3 is 0 Å². The van der Waals surface area contributed by atoms with Crippen molar-refractivity contribution in [1.82, 2.24) is 0 Å². The van der Waals surface area contributed by atoms with Gasteiger partial charge in [0.15, 0.2) is 6.61 Å². The minimum Gasteiger partial charge on any atom is -0.482 e. The van der Waals surface area contributed by atoms with Crippen LogP contribution in [0, 0.1) is 6.92 Å². The molecule has 1 N–H and O–H groups in total. The molecule has 0 spiro atoms. The number of carbonyl (C=O) groups excluding carboxylic acids is 2. The lowest BCUT2D eigenvalue weighted by atomic mass is 10.1. The van der Waals surface area contributed by atoms with Crippen LogP contribution in [-0.4, -0.2) is 18.3 Å². The Balaban J connectivity index is 1.65. The van der Waals surface area contributed by atoms with Gasteiger partial charge in [0.25, 0.3) is 5.91 Å². The number of ketones is 1. The molecule has 1 amide bonds. The summed E-state index contributed by atoms with van der Waals surface area (Å²) >= 11 is 1.30. The third kappa shape index (κ3) is 4.14. The molecule has 5 heteroatoms. The first-order valence-corrected chi connectivity index (χ1v) is 8.68. The molecular formula is C20H17NO3S. The number of thiophene rings is 1. The molecule has 3 rings (SSSR count). The van der Waals surface area contributed by atoms with Gasteiger partial charge in [-0.15, -0.1) is 11.3 Å². The van der Waals surface area contributed by atoms with E-state index in [4.69, 9.17) is 4.74 Å². The Kier molecular flexibility index (Phi) is 5.26. The Bertz CT molecular complexity index is 887. The van der Waals surface area contributed by atoms with E-state index in [0.717, 1.165) is 11.3 Å². The molecule has 4 nitrogen and oxygen atoms in total. The van der Waals surface area contributed by atoms with Gasteiger partial charge in [-0.1, -0.05) is 48.5 Å². The average Bonchev–Trinajstić information content (AvgIpc) is 3.10. The molecule has 0 aliphatic rings. The van der Waals surface area contributed by atoms with Crippen molar-refractivity contribution in [1.29, 1.82) is 0 Å². The van der Waals surface area contributed by atoms with Gasteiger partial charge in [0.05, 0.1) is 0 Å². The van der Waals surface area contributed by atoms with Gasteiger partial charge in [-0.3, -0.25) is 9.59 Å². The molecule has 1 heterocycles. The number of hydrogen-bond donors (Lipinski definition) is 1. The Morgan fingerprint density at radius 3 is 2.48 bits per heavy atom. The molecule has 25 heavy (non-hydrogen) atoms. The maximum absolute atomic E-state index is 12.5. The Hall–Kier alpha value is -2.92. The Morgan fingerprint density at radius 2 is 1.72 bits per heavy atom. The van der Waals surface area contributed by atoms with Crippen LogP contribution in [0.25, 0.3) is 0 Å². The second kappa shape index (κ2) is 7.77. The van der Waals surface area contributed by atoms with E-state index in [-0.39, 0.29) is 18.3 Å². The normalized spacial score (nSPS) is 10.3. The fourth-order valence-electron chi connectivity index (χ4n) is 2.34. The number of anilines is 1. The van der Waals surface area contributed by atoms with Gasteiger partial charge in [-0.2, -0.15) is 0 Å². The van der Waals surface area contributed by atoms with Crippen LogP contribution in [0.15, 0.2) is 66.0 Å². The topological polar surface area (TPSA) is 55.4 Å². The first kappa shape index (κ1) is 16.9. The number of nitrogens with one attached hydrogen (secondary N) is 1. The number of carbonyl (C=O) groups is 2.